The van der Waals surface area contributed by atoms with Crippen LogP contribution in [0.1, 0.15) is 6.92 Å². The Hall–Kier alpha value is -2.35. The van der Waals surface area contributed by atoms with Crippen molar-refractivity contribution >= 4 is 17.3 Å². The lowest BCUT2D eigenvalue weighted by Crippen LogP contribution is -2.32. The zero-order valence-corrected chi connectivity index (χ0v) is 10.2. The minimum Gasteiger partial charge on any atom is -0.486 e. The highest BCUT2D eigenvalue weighted by molar-refractivity contribution is 5.96. The first-order valence-corrected chi connectivity index (χ1v) is 5.63. The number of nitrogens with two attached hydrogens (primary N) is 1. The van der Waals surface area contributed by atoms with E-state index in [0.717, 1.165) is 0 Å². The second-order valence-electron chi connectivity index (χ2n) is 4.05. The Kier molecular flexibility index (Phi) is 3.52. The van der Waals surface area contributed by atoms with Crippen molar-refractivity contribution in [2.75, 3.05) is 18.5 Å². The van der Waals surface area contributed by atoms with Crippen LogP contribution in [-0.2, 0) is 4.79 Å². The first-order chi connectivity index (χ1) is 8.99. The highest BCUT2D eigenvalue weighted by Crippen LogP contribution is 2.39. The molecular formula is C11H13N3O5. The Labute approximate surface area is 108 Å². The van der Waals surface area contributed by atoms with Crippen LogP contribution in [0, 0.1) is 10.1 Å². The van der Waals surface area contributed by atoms with Crippen molar-refractivity contribution in [3.63, 3.8) is 0 Å². The van der Waals surface area contributed by atoms with Gasteiger partial charge in [-0.2, -0.15) is 0 Å². The summed E-state index contributed by atoms with van der Waals surface area (Å²) in [7, 11) is 0. The van der Waals surface area contributed by atoms with Crippen LogP contribution in [0.15, 0.2) is 12.1 Å². The fourth-order valence-electron chi connectivity index (χ4n) is 1.58. The van der Waals surface area contributed by atoms with Gasteiger partial charge in [-0.15, -0.1) is 0 Å². The molecule has 1 heterocycles. The Morgan fingerprint density at radius 3 is 2.53 bits per heavy atom. The largest absolute Gasteiger partial charge is 0.486 e. The molecule has 0 radical (unpaired) electrons. The Bertz CT molecular complexity index is 529. The first-order valence-electron chi connectivity index (χ1n) is 5.63. The van der Waals surface area contributed by atoms with Crippen molar-refractivity contribution < 1.29 is 19.2 Å². The average molecular weight is 267 g/mol. The predicted octanol–water partition coefficient (Wildman–Crippen LogP) is 0.652. The number of benzene rings is 1. The quantitative estimate of drug-likeness (QED) is 0.613. The normalized spacial score (nSPS) is 14.6. The summed E-state index contributed by atoms with van der Waals surface area (Å²) in [5.41, 5.74) is 5.18. The molecule has 102 valence electrons. The summed E-state index contributed by atoms with van der Waals surface area (Å²) in [5.74, 6) is 0.133. The van der Waals surface area contributed by atoms with Crippen molar-refractivity contribution in [1.29, 1.82) is 0 Å². The number of nitro benzene ring substituents is 1. The first kappa shape index (κ1) is 13.1. The van der Waals surface area contributed by atoms with E-state index in [4.69, 9.17) is 15.2 Å². The molecule has 0 aromatic heterocycles. The topological polar surface area (TPSA) is 117 Å². The maximum Gasteiger partial charge on any atom is 0.296 e. The number of rotatable bonds is 3. The Balaban J connectivity index is 2.40. The van der Waals surface area contributed by atoms with Gasteiger partial charge in [0.25, 0.3) is 5.69 Å². The Morgan fingerprint density at radius 2 is 2.00 bits per heavy atom. The highest BCUT2D eigenvalue weighted by atomic mass is 16.6. The molecule has 19 heavy (non-hydrogen) atoms. The third-order valence-electron chi connectivity index (χ3n) is 2.53. The van der Waals surface area contributed by atoms with Crippen LogP contribution in [0.3, 0.4) is 0 Å². The zero-order chi connectivity index (χ0) is 14.0. The number of fused-ring (bicyclic) bond motifs is 1. The van der Waals surface area contributed by atoms with Gasteiger partial charge in [0.05, 0.1) is 17.0 Å². The number of carbonyl (C=O) groups is 1. The molecule has 8 heteroatoms. The van der Waals surface area contributed by atoms with E-state index in [1.165, 1.54) is 19.1 Å². The maximum absolute atomic E-state index is 11.5. The van der Waals surface area contributed by atoms with Gasteiger partial charge in [-0.1, -0.05) is 0 Å². The van der Waals surface area contributed by atoms with Crippen LogP contribution in [0.4, 0.5) is 11.4 Å². The maximum atomic E-state index is 11.5. The summed E-state index contributed by atoms with van der Waals surface area (Å²) in [6, 6.07) is 1.82. The number of nitrogens with one attached hydrogen (secondary N) is 1. The molecular weight excluding hydrogens is 254 g/mol. The summed E-state index contributed by atoms with van der Waals surface area (Å²) in [6.45, 7) is 2.17. The van der Waals surface area contributed by atoms with Crippen LogP contribution >= 0.6 is 0 Å². The lowest BCUT2D eigenvalue weighted by atomic mass is 10.2. The molecule has 0 bridgehead atoms. The third-order valence-corrected chi connectivity index (χ3v) is 2.53. The number of ether oxygens (including phenoxy) is 2. The number of hydrogen-bond donors (Lipinski definition) is 2. The average Bonchev–Trinajstić information content (AvgIpc) is 2.37. The smallest absolute Gasteiger partial charge is 0.296 e. The van der Waals surface area contributed by atoms with E-state index in [2.05, 4.69) is 5.32 Å². The summed E-state index contributed by atoms with van der Waals surface area (Å²) >= 11 is 0. The molecule has 0 saturated carbocycles. The lowest BCUT2D eigenvalue weighted by Gasteiger charge is -2.19. The summed E-state index contributed by atoms with van der Waals surface area (Å²) in [6.07, 6.45) is 0. The monoisotopic (exact) mass is 267 g/mol. The molecule has 0 saturated heterocycles. The van der Waals surface area contributed by atoms with Gasteiger partial charge in [-0.05, 0) is 6.92 Å². The molecule has 1 atom stereocenters. The number of amides is 1. The van der Waals surface area contributed by atoms with Gasteiger partial charge >= 0.3 is 0 Å². The number of nitro groups is 1. The Morgan fingerprint density at radius 1 is 1.42 bits per heavy atom. The summed E-state index contributed by atoms with van der Waals surface area (Å²) < 4.78 is 10.6. The van der Waals surface area contributed by atoms with E-state index in [1.54, 1.807) is 0 Å². The zero-order valence-electron chi connectivity index (χ0n) is 10.2. The van der Waals surface area contributed by atoms with Gasteiger partial charge in [-0.25, -0.2) is 0 Å². The molecule has 1 aromatic carbocycles. The number of carbonyl (C=O) groups excluding carboxylic acids is 1. The third kappa shape index (κ3) is 2.74. The number of hydrogen-bond acceptors (Lipinski definition) is 6. The van der Waals surface area contributed by atoms with Crippen molar-refractivity contribution in [3.8, 4) is 11.5 Å². The van der Waals surface area contributed by atoms with E-state index in [9.17, 15) is 14.9 Å². The van der Waals surface area contributed by atoms with E-state index < -0.39 is 16.9 Å². The van der Waals surface area contributed by atoms with E-state index in [1.807, 2.05) is 0 Å². The van der Waals surface area contributed by atoms with Crippen LogP contribution in [0.5, 0.6) is 11.5 Å². The molecule has 8 nitrogen and oxygen atoms in total. The van der Waals surface area contributed by atoms with Crippen molar-refractivity contribution in [2.24, 2.45) is 5.73 Å². The molecule has 2 rings (SSSR count). The molecule has 0 aliphatic carbocycles. The molecule has 1 aliphatic rings. The van der Waals surface area contributed by atoms with Gasteiger partial charge < -0.3 is 20.5 Å². The second-order valence-corrected chi connectivity index (χ2v) is 4.05. The number of anilines is 1. The van der Waals surface area contributed by atoms with Gasteiger partial charge in [0.1, 0.15) is 18.9 Å². The SMILES string of the molecule is CC(N)C(=O)Nc1cc2c(cc1[N+](=O)[O-])OCCO2. The molecule has 3 N–H and O–H groups in total. The fourth-order valence-corrected chi connectivity index (χ4v) is 1.58. The standard InChI is InChI=1S/C11H13N3O5/c1-6(12)11(15)13-7-4-9-10(19-3-2-18-9)5-8(7)14(16)17/h4-6H,2-3,12H2,1H3,(H,13,15). The van der Waals surface area contributed by atoms with Crippen LogP contribution in [0.2, 0.25) is 0 Å². The van der Waals surface area contributed by atoms with Gasteiger partial charge in [0.2, 0.25) is 5.91 Å². The molecule has 0 fully saturated rings. The van der Waals surface area contributed by atoms with Crippen molar-refractivity contribution in [2.45, 2.75) is 13.0 Å². The summed E-state index contributed by atoms with van der Waals surface area (Å²) in [4.78, 5) is 21.9. The van der Waals surface area contributed by atoms with Crippen molar-refractivity contribution in [3.05, 3.63) is 22.2 Å². The summed E-state index contributed by atoms with van der Waals surface area (Å²) in [5, 5.41) is 13.4. The minimum atomic E-state index is -0.771. The number of nitrogens with zero attached hydrogens (tertiary/aromatic N) is 1. The molecule has 1 amide bonds. The van der Waals surface area contributed by atoms with E-state index in [0.29, 0.717) is 19.0 Å². The molecule has 1 unspecified atom stereocenters. The minimum absolute atomic E-state index is 0.0385. The molecule has 1 aromatic rings. The lowest BCUT2D eigenvalue weighted by molar-refractivity contribution is -0.384. The van der Waals surface area contributed by atoms with Crippen LogP contribution in [0.25, 0.3) is 0 Å². The van der Waals surface area contributed by atoms with Gasteiger partial charge in [0, 0.05) is 6.07 Å². The van der Waals surface area contributed by atoms with Crippen LogP contribution < -0.4 is 20.5 Å². The molecule has 0 spiro atoms. The van der Waals surface area contributed by atoms with E-state index >= 15 is 0 Å². The van der Waals surface area contributed by atoms with Crippen molar-refractivity contribution in [1.82, 2.24) is 0 Å². The van der Waals surface area contributed by atoms with Gasteiger partial charge in [-0.3, -0.25) is 14.9 Å². The highest BCUT2D eigenvalue weighted by Gasteiger charge is 2.24. The predicted molar refractivity (Wildman–Crippen MR) is 66.4 cm³/mol. The second kappa shape index (κ2) is 5.11. The molecule has 1 aliphatic heterocycles. The van der Waals surface area contributed by atoms with E-state index in [-0.39, 0.29) is 17.1 Å². The van der Waals surface area contributed by atoms with Gasteiger partial charge in [0.15, 0.2) is 11.5 Å². The van der Waals surface area contributed by atoms with Crippen LogP contribution in [-0.4, -0.2) is 30.1 Å². The fraction of sp³-hybridized carbons (Fsp3) is 0.364.